The fourth-order valence-electron chi connectivity index (χ4n) is 4.78. The number of imidazole rings is 1. The number of benzene rings is 5. The standard InChI is InChI=1S/C32H21N5O/c38-30-17-16-20-8-1-2-11-23(20)31(30)37-36-22-10-7-9-21(18-22)29-19-25(24-12-3-4-13-26(24)33-29)32-34-27-14-5-6-15-28(27)35-32/h1-19,38H,(H,34,35). The van der Waals surface area contributed by atoms with Crippen LogP contribution < -0.4 is 0 Å². The first-order valence-electron chi connectivity index (χ1n) is 12.3. The van der Waals surface area contributed by atoms with Gasteiger partial charge in [0.15, 0.2) is 0 Å². The van der Waals surface area contributed by atoms with Crippen molar-refractivity contribution >= 4 is 44.1 Å². The predicted octanol–water partition coefficient (Wildman–Crippen LogP) is 8.72. The van der Waals surface area contributed by atoms with Gasteiger partial charge in [0.25, 0.3) is 0 Å². The second kappa shape index (κ2) is 8.94. The van der Waals surface area contributed by atoms with Gasteiger partial charge in [0, 0.05) is 21.9 Å². The second-order valence-corrected chi connectivity index (χ2v) is 9.08. The van der Waals surface area contributed by atoms with E-state index >= 15 is 0 Å². The lowest BCUT2D eigenvalue weighted by molar-refractivity contribution is 0.477. The molecular weight excluding hydrogens is 470 g/mol. The summed E-state index contributed by atoms with van der Waals surface area (Å²) in [5.41, 5.74) is 6.60. The number of nitrogens with one attached hydrogen (secondary N) is 1. The smallest absolute Gasteiger partial charge is 0.143 e. The summed E-state index contributed by atoms with van der Waals surface area (Å²) in [6.07, 6.45) is 0. The number of nitrogens with zero attached hydrogens (tertiary/aromatic N) is 4. The molecule has 2 N–H and O–H groups in total. The molecule has 0 amide bonds. The van der Waals surface area contributed by atoms with E-state index in [0.717, 1.165) is 55.4 Å². The minimum absolute atomic E-state index is 0.0928. The molecule has 5 aromatic carbocycles. The van der Waals surface area contributed by atoms with Gasteiger partial charge in [-0.25, -0.2) is 9.97 Å². The van der Waals surface area contributed by atoms with Crippen molar-refractivity contribution in [3.8, 4) is 28.4 Å². The van der Waals surface area contributed by atoms with E-state index in [2.05, 4.69) is 27.3 Å². The van der Waals surface area contributed by atoms with E-state index in [1.807, 2.05) is 97.1 Å². The molecule has 38 heavy (non-hydrogen) atoms. The summed E-state index contributed by atoms with van der Waals surface area (Å²) in [4.78, 5) is 13.2. The molecule has 6 heteroatoms. The van der Waals surface area contributed by atoms with Gasteiger partial charge in [-0.1, -0.05) is 72.8 Å². The minimum atomic E-state index is 0.0928. The molecule has 0 atom stereocenters. The highest BCUT2D eigenvalue weighted by molar-refractivity contribution is 5.97. The molecule has 0 aliphatic rings. The molecule has 0 radical (unpaired) electrons. The number of hydrogen-bond donors (Lipinski definition) is 2. The highest BCUT2D eigenvalue weighted by Gasteiger charge is 2.13. The lowest BCUT2D eigenvalue weighted by atomic mass is 10.0. The van der Waals surface area contributed by atoms with Crippen LogP contribution in [-0.4, -0.2) is 20.1 Å². The van der Waals surface area contributed by atoms with Gasteiger partial charge in [0.2, 0.25) is 0 Å². The van der Waals surface area contributed by atoms with Gasteiger partial charge in [-0.2, -0.15) is 5.11 Å². The number of pyridine rings is 1. The van der Waals surface area contributed by atoms with E-state index in [9.17, 15) is 5.11 Å². The zero-order valence-electron chi connectivity index (χ0n) is 20.2. The Hall–Kier alpha value is -5.36. The fourth-order valence-corrected chi connectivity index (χ4v) is 4.78. The Labute approximate surface area is 218 Å². The number of aromatic amines is 1. The van der Waals surface area contributed by atoms with Gasteiger partial charge in [-0.3, -0.25) is 0 Å². The maximum atomic E-state index is 10.4. The van der Waals surface area contributed by atoms with E-state index in [1.54, 1.807) is 6.07 Å². The lowest BCUT2D eigenvalue weighted by Gasteiger charge is -2.09. The normalized spacial score (nSPS) is 11.7. The highest BCUT2D eigenvalue weighted by atomic mass is 16.3. The zero-order chi connectivity index (χ0) is 25.5. The number of fused-ring (bicyclic) bond motifs is 3. The van der Waals surface area contributed by atoms with Crippen LogP contribution in [0.5, 0.6) is 5.75 Å². The Morgan fingerprint density at radius 2 is 1.42 bits per heavy atom. The van der Waals surface area contributed by atoms with Crippen molar-refractivity contribution in [2.75, 3.05) is 0 Å². The molecule has 0 aliphatic carbocycles. The Morgan fingerprint density at radius 3 is 2.32 bits per heavy atom. The summed E-state index contributed by atoms with van der Waals surface area (Å²) >= 11 is 0. The van der Waals surface area contributed by atoms with E-state index < -0.39 is 0 Å². The van der Waals surface area contributed by atoms with Crippen LogP contribution in [0.1, 0.15) is 0 Å². The van der Waals surface area contributed by atoms with Gasteiger partial charge in [-0.15, -0.1) is 5.11 Å². The van der Waals surface area contributed by atoms with Crippen LogP contribution in [0.2, 0.25) is 0 Å². The average molecular weight is 492 g/mol. The third-order valence-electron chi connectivity index (χ3n) is 6.65. The SMILES string of the molecule is Oc1ccc2ccccc2c1N=Nc1cccc(-c2cc(-c3nc4ccccc4[nH]3)c3ccccc3n2)c1. The fraction of sp³-hybridized carbons (Fsp3) is 0. The van der Waals surface area contributed by atoms with Crippen LogP contribution in [0.15, 0.2) is 125 Å². The van der Waals surface area contributed by atoms with Crippen molar-refractivity contribution in [2.45, 2.75) is 0 Å². The van der Waals surface area contributed by atoms with Crippen LogP contribution in [0.4, 0.5) is 11.4 Å². The third kappa shape index (κ3) is 3.85. The first-order valence-corrected chi connectivity index (χ1v) is 12.3. The van der Waals surface area contributed by atoms with Crippen molar-refractivity contribution < 1.29 is 5.11 Å². The number of hydrogen-bond acceptors (Lipinski definition) is 5. The van der Waals surface area contributed by atoms with Crippen molar-refractivity contribution in [1.82, 2.24) is 15.0 Å². The van der Waals surface area contributed by atoms with Crippen molar-refractivity contribution in [2.24, 2.45) is 10.2 Å². The van der Waals surface area contributed by atoms with Gasteiger partial charge in [0.1, 0.15) is 17.3 Å². The number of H-pyrrole nitrogens is 1. The van der Waals surface area contributed by atoms with Crippen LogP contribution in [-0.2, 0) is 0 Å². The molecule has 0 aliphatic heterocycles. The van der Waals surface area contributed by atoms with Crippen molar-refractivity contribution in [3.63, 3.8) is 0 Å². The Kier molecular flexibility index (Phi) is 5.15. The Bertz CT molecular complexity index is 1970. The highest BCUT2D eigenvalue weighted by Crippen LogP contribution is 2.37. The van der Waals surface area contributed by atoms with Crippen molar-refractivity contribution in [1.29, 1.82) is 0 Å². The van der Waals surface area contributed by atoms with Gasteiger partial charge in [-0.05, 0) is 47.9 Å². The molecule has 0 fully saturated rings. The molecule has 6 nitrogen and oxygen atoms in total. The molecule has 7 aromatic rings. The average Bonchev–Trinajstić information content (AvgIpc) is 3.40. The summed E-state index contributed by atoms with van der Waals surface area (Å²) in [7, 11) is 0. The zero-order valence-corrected chi connectivity index (χ0v) is 20.2. The van der Waals surface area contributed by atoms with E-state index in [4.69, 9.17) is 9.97 Å². The third-order valence-corrected chi connectivity index (χ3v) is 6.65. The second-order valence-electron chi connectivity index (χ2n) is 9.08. The van der Waals surface area contributed by atoms with Crippen molar-refractivity contribution in [3.05, 3.63) is 115 Å². The van der Waals surface area contributed by atoms with Gasteiger partial charge >= 0.3 is 0 Å². The summed E-state index contributed by atoms with van der Waals surface area (Å²) < 4.78 is 0. The molecule has 2 heterocycles. The molecule has 2 aromatic heterocycles. The molecule has 0 bridgehead atoms. The number of para-hydroxylation sites is 3. The quantitative estimate of drug-likeness (QED) is 0.241. The van der Waals surface area contributed by atoms with E-state index in [-0.39, 0.29) is 5.75 Å². The number of phenolic OH excluding ortho intramolecular Hbond substituents is 1. The maximum absolute atomic E-state index is 10.4. The number of phenols is 1. The summed E-state index contributed by atoms with van der Waals surface area (Å²) in [6.45, 7) is 0. The number of aromatic hydroxyl groups is 1. The lowest BCUT2D eigenvalue weighted by Crippen LogP contribution is -1.91. The first kappa shape index (κ1) is 21.9. The molecule has 180 valence electrons. The van der Waals surface area contributed by atoms with Crippen LogP contribution in [0.25, 0.3) is 55.4 Å². The molecule has 7 rings (SSSR count). The van der Waals surface area contributed by atoms with Crippen LogP contribution >= 0.6 is 0 Å². The molecule has 0 saturated carbocycles. The maximum Gasteiger partial charge on any atom is 0.143 e. The summed E-state index contributed by atoms with van der Waals surface area (Å²) in [6, 6.07) is 37.2. The van der Waals surface area contributed by atoms with Crippen LogP contribution in [0, 0.1) is 0 Å². The topological polar surface area (TPSA) is 86.5 Å². The number of rotatable bonds is 4. The largest absolute Gasteiger partial charge is 0.506 e. The first-order chi connectivity index (χ1) is 18.7. The van der Waals surface area contributed by atoms with Gasteiger partial charge < -0.3 is 10.1 Å². The Balaban J connectivity index is 1.32. The Morgan fingerprint density at radius 1 is 0.632 bits per heavy atom. The molecule has 0 saturated heterocycles. The number of azo groups is 1. The van der Waals surface area contributed by atoms with Gasteiger partial charge in [0.05, 0.1) is 27.9 Å². The van der Waals surface area contributed by atoms with E-state index in [1.165, 1.54) is 0 Å². The molecule has 0 unspecified atom stereocenters. The molecule has 0 spiro atoms. The van der Waals surface area contributed by atoms with E-state index in [0.29, 0.717) is 11.4 Å². The van der Waals surface area contributed by atoms with Crippen LogP contribution in [0.3, 0.4) is 0 Å². The molecular formula is C32H21N5O. The predicted molar refractivity (Wildman–Crippen MR) is 152 cm³/mol. The summed E-state index contributed by atoms with van der Waals surface area (Å²) in [5.74, 6) is 0.892. The summed E-state index contributed by atoms with van der Waals surface area (Å²) in [5, 5.41) is 22.2. The minimum Gasteiger partial charge on any atom is -0.506 e. The number of aromatic nitrogens is 3. The monoisotopic (exact) mass is 491 g/mol.